The summed E-state index contributed by atoms with van der Waals surface area (Å²) < 4.78 is 114. The Bertz CT molecular complexity index is 1710. The Labute approximate surface area is 273 Å². The lowest BCUT2D eigenvalue weighted by Crippen LogP contribution is -2.38. The zero-order chi connectivity index (χ0) is 36.9. The summed E-state index contributed by atoms with van der Waals surface area (Å²) in [6.45, 7) is 3.53. The monoisotopic (exact) mass is 706 g/mol. The normalized spacial score (nSPS) is 11.8. The largest absolute Gasteiger partial charge is 0.573 e. The Morgan fingerprint density at radius 3 is 2.20 bits per heavy atom. The van der Waals surface area contributed by atoms with Crippen molar-refractivity contribution in [1.29, 1.82) is 0 Å². The average molecular weight is 707 g/mol. The highest BCUT2D eigenvalue weighted by Crippen LogP contribution is 2.37. The van der Waals surface area contributed by atoms with Gasteiger partial charge in [-0.15, -0.1) is 13.2 Å². The van der Waals surface area contributed by atoms with E-state index in [-0.39, 0.29) is 47.9 Å². The van der Waals surface area contributed by atoms with Gasteiger partial charge in [-0.1, -0.05) is 0 Å². The first-order chi connectivity index (χ1) is 22.6. The van der Waals surface area contributed by atoms with Crippen molar-refractivity contribution in [2.45, 2.75) is 51.9 Å². The molecular weight excluding hydrogens is 677 g/mol. The van der Waals surface area contributed by atoms with E-state index >= 15 is 0 Å². The Morgan fingerprint density at radius 2 is 1.65 bits per heavy atom. The SMILES string of the molecule is COC(=O)c1cc(F)c(C(F)(F)F)cc1Nc1ccc(OC(F)(F)F)cc1CN(CCc1nc(OC)ccc1[N+](=O)[O-])C(=O)OC(C)(C)C. The number of hydrogen-bond donors (Lipinski definition) is 1. The van der Waals surface area contributed by atoms with Gasteiger partial charge in [0.2, 0.25) is 5.88 Å². The second-order valence-corrected chi connectivity index (χ2v) is 11.1. The quantitative estimate of drug-likeness (QED) is 0.0919. The van der Waals surface area contributed by atoms with E-state index < -0.39 is 75.7 Å². The van der Waals surface area contributed by atoms with Gasteiger partial charge in [-0.05, 0) is 56.7 Å². The van der Waals surface area contributed by atoms with Gasteiger partial charge in [-0.25, -0.2) is 19.0 Å². The maximum absolute atomic E-state index is 14.4. The van der Waals surface area contributed by atoms with E-state index in [1.807, 2.05) is 0 Å². The maximum atomic E-state index is 14.4. The van der Waals surface area contributed by atoms with E-state index in [2.05, 4.69) is 19.8 Å². The Kier molecular flexibility index (Phi) is 11.5. The van der Waals surface area contributed by atoms with Crippen LogP contribution in [0.1, 0.15) is 48.0 Å². The highest BCUT2D eigenvalue weighted by molar-refractivity contribution is 5.97. The predicted molar refractivity (Wildman–Crippen MR) is 157 cm³/mol. The molecule has 0 aliphatic rings. The molecule has 0 aliphatic carbocycles. The van der Waals surface area contributed by atoms with Crippen LogP contribution in [-0.4, -0.2) is 59.6 Å². The van der Waals surface area contributed by atoms with E-state index in [0.717, 1.165) is 36.3 Å². The third-order valence-corrected chi connectivity index (χ3v) is 6.36. The van der Waals surface area contributed by atoms with Crippen LogP contribution >= 0.6 is 0 Å². The van der Waals surface area contributed by atoms with Crippen LogP contribution in [0.5, 0.6) is 11.6 Å². The van der Waals surface area contributed by atoms with Crippen molar-refractivity contribution in [1.82, 2.24) is 9.88 Å². The third kappa shape index (κ3) is 10.6. The van der Waals surface area contributed by atoms with Crippen molar-refractivity contribution in [3.8, 4) is 11.6 Å². The van der Waals surface area contributed by atoms with Crippen LogP contribution in [0, 0.1) is 15.9 Å². The number of aromatic nitrogens is 1. The van der Waals surface area contributed by atoms with E-state index in [4.69, 9.17) is 9.47 Å². The number of benzene rings is 2. The zero-order valence-corrected chi connectivity index (χ0v) is 26.4. The molecule has 1 heterocycles. The van der Waals surface area contributed by atoms with Crippen molar-refractivity contribution in [3.05, 3.63) is 80.8 Å². The molecule has 19 heteroatoms. The molecule has 0 spiro atoms. The van der Waals surface area contributed by atoms with Gasteiger partial charge in [0.1, 0.15) is 22.9 Å². The first-order valence-corrected chi connectivity index (χ1v) is 13.9. The molecule has 1 amide bonds. The van der Waals surface area contributed by atoms with Gasteiger partial charge in [-0.2, -0.15) is 13.2 Å². The zero-order valence-electron chi connectivity index (χ0n) is 26.4. The molecule has 3 rings (SSSR count). The number of esters is 1. The molecule has 0 saturated carbocycles. The minimum absolute atomic E-state index is 0.00633. The first kappa shape index (κ1) is 38.1. The second-order valence-electron chi connectivity index (χ2n) is 11.1. The van der Waals surface area contributed by atoms with Crippen LogP contribution in [0.3, 0.4) is 0 Å². The standard InChI is InChI=1S/C30H29F7N4O8/c1-28(2,3)49-27(43)40(11-10-22-24(41(44)45)8-9-25(39-22)46-4)15-16-12-17(48-30(35,36)37)6-7-21(16)38-23-14-19(29(32,33)34)20(31)13-18(23)26(42)47-5/h6-9,12-14,38H,10-11,15H2,1-5H3. The number of nitrogens with zero attached hydrogens (tertiary/aromatic N) is 3. The Balaban J connectivity index is 2.16. The summed E-state index contributed by atoms with van der Waals surface area (Å²) in [5.74, 6) is -3.85. The fraction of sp³-hybridized carbons (Fsp3) is 0.367. The summed E-state index contributed by atoms with van der Waals surface area (Å²) in [6, 6.07) is 5.47. The van der Waals surface area contributed by atoms with Crippen LogP contribution in [-0.2, 0) is 28.6 Å². The van der Waals surface area contributed by atoms with Gasteiger partial charge in [-0.3, -0.25) is 10.1 Å². The molecule has 49 heavy (non-hydrogen) atoms. The summed E-state index contributed by atoms with van der Waals surface area (Å²) in [5.41, 5.74) is -5.26. The van der Waals surface area contributed by atoms with Crippen molar-refractivity contribution in [2.75, 3.05) is 26.1 Å². The fourth-order valence-electron chi connectivity index (χ4n) is 4.28. The lowest BCUT2D eigenvalue weighted by atomic mass is 10.1. The number of methoxy groups -OCH3 is 2. The number of ether oxygens (including phenoxy) is 4. The summed E-state index contributed by atoms with van der Waals surface area (Å²) in [6.07, 6.45) is -11.7. The van der Waals surface area contributed by atoms with E-state index in [1.54, 1.807) is 0 Å². The molecular formula is C30H29F7N4O8. The van der Waals surface area contributed by atoms with Gasteiger partial charge >= 0.3 is 24.6 Å². The smallest absolute Gasteiger partial charge is 0.481 e. The Hall–Kier alpha value is -5.36. The summed E-state index contributed by atoms with van der Waals surface area (Å²) in [5, 5.41) is 14.1. The molecule has 0 atom stereocenters. The molecule has 0 saturated heterocycles. The molecule has 2 aromatic carbocycles. The molecule has 12 nitrogen and oxygen atoms in total. The lowest BCUT2D eigenvalue weighted by Gasteiger charge is -2.28. The Morgan fingerprint density at radius 1 is 0.980 bits per heavy atom. The third-order valence-electron chi connectivity index (χ3n) is 6.36. The minimum Gasteiger partial charge on any atom is -0.481 e. The number of hydrogen-bond acceptors (Lipinski definition) is 10. The highest BCUT2D eigenvalue weighted by atomic mass is 19.4. The minimum atomic E-state index is -5.22. The number of carbonyl (C=O) groups is 2. The van der Waals surface area contributed by atoms with Crippen LogP contribution in [0.2, 0.25) is 0 Å². The van der Waals surface area contributed by atoms with Gasteiger partial charge in [0.25, 0.3) is 5.69 Å². The van der Waals surface area contributed by atoms with Crippen molar-refractivity contribution < 1.29 is 64.2 Å². The molecule has 3 aromatic rings. The maximum Gasteiger partial charge on any atom is 0.573 e. The van der Waals surface area contributed by atoms with Gasteiger partial charge in [0, 0.05) is 30.8 Å². The number of amides is 1. The number of alkyl halides is 6. The number of nitro groups is 1. The topological polar surface area (TPSA) is 142 Å². The number of pyridine rings is 1. The molecule has 1 N–H and O–H groups in total. The van der Waals surface area contributed by atoms with Crippen molar-refractivity contribution >= 4 is 29.1 Å². The second kappa shape index (κ2) is 14.8. The van der Waals surface area contributed by atoms with Gasteiger partial charge in [0.05, 0.1) is 42.5 Å². The van der Waals surface area contributed by atoms with Crippen LogP contribution < -0.4 is 14.8 Å². The molecule has 0 unspecified atom stereocenters. The highest BCUT2D eigenvalue weighted by Gasteiger charge is 2.36. The molecule has 0 radical (unpaired) electrons. The van der Waals surface area contributed by atoms with Crippen LogP contribution in [0.15, 0.2) is 42.5 Å². The molecule has 266 valence electrons. The average Bonchev–Trinajstić information content (AvgIpc) is 2.97. The van der Waals surface area contributed by atoms with Crippen molar-refractivity contribution in [3.63, 3.8) is 0 Å². The molecule has 0 aliphatic heterocycles. The molecule has 1 aromatic heterocycles. The number of halogens is 7. The fourth-order valence-corrected chi connectivity index (χ4v) is 4.28. The van der Waals surface area contributed by atoms with E-state index in [0.29, 0.717) is 0 Å². The lowest BCUT2D eigenvalue weighted by molar-refractivity contribution is -0.386. The first-order valence-electron chi connectivity index (χ1n) is 13.9. The van der Waals surface area contributed by atoms with Crippen molar-refractivity contribution in [2.24, 2.45) is 0 Å². The predicted octanol–water partition coefficient (Wildman–Crippen LogP) is 7.56. The summed E-state index contributed by atoms with van der Waals surface area (Å²) >= 11 is 0. The molecule has 0 fully saturated rings. The number of rotatable bonds is 11. The number of nitrogens with one attached hydrogen (secondary N) is 1. The van der Waals surface area contributed by atoms with Crippen LogP contribution in [0.4, 0.5) is 52.6 Å². The summed E-state index contributed by atoms with van der Waals surface area (Å²) in [4.78, 5) is 41.6. The number of anilines is 2. The number of carbonyl (C=O) groups excluding carboxylic acids is 2. The van der Waals surface area contributed by atoms with E-state index in [9.17, 15) is 50.4 Å². The van der Waals surface area contributed by atoms with E-state index in [1.165, 1.54) is 33.9 Å². The van der Waals surface area contributed by atoms with Gasteiger partial charge in [0.15, 0.2) is 0 Å². The van der Waals surface area contributed by atoms with Crippen LogP contribution in [0.25, 0.3) is 0 Å². The molecule has 0 bridgehead atoms. The summed E-state index contributed by atoms with van der Waals surface area (Å²) in [7, 11) is 2.15. The van der Waals surface area contributed by atoms with Gasteiger partial charge < -0.3 is 29.2 Å².